The van der Waals surface area contributed by atoms with Crippen molar-refractivity contribution in [2.45, 2.75) is 38.0 Å². The van der Waals surface area contributed by atoms with E-state index in [4.69, 9.17) is 0 Å². The summed E-state index contributed by atoms with van der Waals surface area (Å²) in [6, 6.07) is 5.78. The average molecular weight is 239 g/mol. The molecule has 2 rings (SSSR count). The molecule has 1 aliphatic rings. The predicted molar refractivity (Wildman–Crippen MR) is 69.7 cm³/mol. The summed E-state index contributed by atoms with van der Waals surface area (Å²) in [4.78, 5) is 0. The molecule has 2 atom stereocenters. The van der Waals surface area contributed by atoms with Crippen molar-refractivity contribution in [3.05, 3.63) is 29.6 Å². The lowest BCUT2D eigenvalue weighted by atomic mass is 10.1. The van der Waals surface area contributed by atoms with Crippen LogP contribution in [0.4, 0.5) is 10.1 Å². The zero-order valence-electron chi connectivity index (χ0n) is 9.79. The summed E-state index contributed by atoms with van der Waals surface area (Å²) in [5.41, 5.74) is 1.75. The molecule has 0 bridgehead atoms. The molecule has 88 valence electrons. The number of hydrogen-bond donors (Lipinski definition) is 1. The second-order valence-corrected chi connectivity index (χ2v) is 5.92. The fraction of sp³-hybridized carbons (Fsp3) is 0.538. The summed E-state index contributed by atoms with van der Waals surface area (Å²) in [5.74, 6) is 1.14. The first-order valence-corrected chi connectivity index (χ1v) is 6.86. The lowest BCUT2D eigenvalue weighted by molar-refractivity contribution is 0.611. The van der Waals surface area contributed by atoms with E-state index in [9.17, 15) is 4.39 Å². The topological polar surface area (TPSA) is 12.0 Å². The Bertz CT molecular complexity index is 367. The van der Waals surface area contributed by atoms with Gasteiger partial charge in [0.2, 0.25) is 0 Å². The van der Waals surface area contributed by atoms with E-state index in [-0.39, 0.29) is 5.82 Å². The number of hydrogen-bond acceptors (Lipinski definition) is 2. The molecule has 1 saturated heterocycles. The molecule has 1 fully saturated rings. The largest absolute Gasteiger partial charge is 0.381 e. The SMILES string of the molecule is Cc1cc(NC2CCCSC2C)ccc1F. The first-order chi connectivity index (χ1) is 7.66. The zero-order chi connectivity index (χ0) is 11.5. The summed E-state index contributed by atoms with van der Waals surface area (Å²) in [6.45, 7) is 4.07. The number of anilines is 1. The molecule has 1 heterocycles. The molecule has 1 nitrogen and oxygen atoms in total. The van der Waals surface area contributed by atoms with Gasteiger partial charge in [-0.15, -0.1) is 0 Å². The maximum absolute atomic E-state index is 13.1. The third-order valence-electron chi connectivity index (χ3n) is 3.12. The Kier molecular flexibility index (Phi) is 3.74. The lowest BCUT2D eigenvalue weighted by Gasteiger charge is -2.30. The average Bonchev–Trinajstić information content (AvgIpc) is 2.27. The van der Waals surface area contributed by atoms with Gasteiger partial charge in [0.1, 0.15) is 5.82 Å². The highest BCUT2D eigenvalue weighted by Gasteiger charge is 2.21. The Morgan fingerprint density at radius 1 is 1.44 bits per heavy atom. The summed E-state index contributed by atoms with van der Waals surface area (Å²) in [7, 11) is 0. The van der Waals surface area contributed by atoms with Gasteiger partial charge in [0.05, 0.1) is 0 Å². The Morgan fingerprint density at radius 2 is 2.25 bits per heavy atom. The van der Waals surface area contributed by atoms with Crippen LogP contribution in [0.3, 0.4) is 0 Å². The van der Waals surface area contributed by atoms with E-state index >= 15 is 0 Å². The summed E-state index contributed by atoms with van der Waals surface area (Å²) >= 11 is 2.02. The fourth-order valence-electron chi connectivity index (χ4n) is 2.06. The van der Waals surface area contributed by atoms with E-state index in [0.29, 0.717) is 16.9 Å². The van der Waals surface area contributed by atoms with E-state index in [1.807, 2.05) is 23.9 Å². The second-order valence-electron chi connectivity index (χ2n) is 4.43. The van der Waals surface area contributed by atoms with Crippen LogP contribution in [0.15, 0.2) is 18.2 Å². The Hall–Kier alpha value is -0.700. The molecule has 1 aromatic carbocycles. The summed E-state index contributed by atoms with van der Waals surface area (Å²) in [6.07, 6.45) is 2.48. The summed E-state index contributed by atoms with van der Waals surface area (Å²) < 4.78 is 13.1. The van der Waals surface area contributed by atoms with Crippen LogP contribution in [0, 0.1) is 12.7 Å². The number of nitrogens with one attached hydrogen (secondary N) is 1. The zero-order valence-corrected chi connectivity index (χ0v) is 10.6. The van der Waals surface area contributed by atoms with Crippen molar-refractivity contribution in [1.82, 2.24) is 0 Å². The first kappa shape index (κ1) is 11.8. The maximum Gasteiger partial charge on any atom is 0.126 e. The number of rotatable bonds is 2. The number of benzene rings is 1. The first-order valence-electron chi connectivity index (χ1n) is 5.81. The minimum atomic E-state index is -0.128. The van der Waals surface area contributed by atoms with Crippen molar-refractivity contribution >= 4 is 17.4 Å². The lowest BCUT2D eigenvalue weighted by Crippen LogP contribution is -2.32. The molecular formula is C13H18FNS. The van der Waals surface area contributed by atoms with Gasteiger partial charge in [0.15, 0.2) is 0 Å². The molecule has 0 radical (unpaired) electrons. The van der Waals surface area contributed by atoms with Crippen molar-refractivity contribution in [1.29, 1.82) is 0 Å². The molecule has 1 N–H and O–H groups in total. The van der Waals surface area contributed by atoms with Gasteiger partial charge >= 0.3 is 0 Å². The van der Waals surface area contributed by atoms with E-state index < -0.39 is 0 Å². The van der Waals surface area contributed by atoms with Gasteiger partial charge in [-0.1, -0.05) is 6.92 Å². The smallest absolute Gasteiger partial charge is 0.126 e. The molecule has 0 spiro atoms. The minimum absolute atomic E-state index is 0.128. The van der Waals surface area contributed by atoms with Crippen LogP contribution < -0.4 is 5.32 Å². The van der Waals surface area contributed by atoms with Crippen LogP contribution >= 0.6 is 11.8 Å². The Labute approximate surface area is 101 Å². The van der Waals surface area contributed by atoms with Crippen LogP contribution in [0.2, 0.25) is 0 Å². The molecule has 0 saturated carbocycles. The van der Waals surface area contributed by atoms with Gasteiger partial charge in [-0.2, -0.15) is 11.8 Å². The highest BCUT2D eigenvalue weighted by molar-refractivity contribution is 8.00. The van der Waals surface area contributed by atoms with Crippen LogP contribution in [0.5, 0.6) is 0 Å². The molecular weight excluding hydrogens is 221 g/mol. The van der Waals surface area contributed by atoms with Gasteiger partial charge < -0.3 is 5.32 Å². The molecule has 2 unspecified atom stereocenters. The molecule has 1 aliphatic heterocycles. The molecule has 0 aromatic heterocycles. The molecule has 3 heteroatoms. The van der Waals surface area contributed by atoms with Crippen molar-refractivity contribution < 1.29 is 4.39 Å². The van der Waals surface area contributed by atoms with Crippen LogP contribution in [-0.2, 0) is 0 Å². The van der Waals surface area contributed by atoms with Crippen molar-refractivity contribution in [2.75, 3.05) is 11.1 Å². The van der Waals surface area contributed by atoms with Crippen LogP contribution in [0.1, 0.15) is 25.3 Å². The number of halogens is 1. The predicted octanol–water partition coefficient (Wildman–Crippen LogP) is 3.83. The maximum atomic E-state index is 13.1. The van der Waals surface area contributed by atoms with Gasteiger partial charge in [0, 0.05) is 17.0 Å². The fourth-order valence-corrected chi connectivity index (χ4v) is 3.20. The van der Waals surface area contributed by atoms with E-state index in [1.54, 1.807) is 6.92 Å². The normalized spacial score (nSPS) is 25.4. The third-order valence-corrected chi connectivity index (χ3v) is 4.50. The second kappa shape index (κ2) is 5.09. The monoisotopic (exact) mass is 239 g/mol. The minimum Gasteiger partial charge on any atom is -0.381 e. The summed E-state index contributed by atoms with van der Waals surface area (Å²) in [5, 5.41) is 4.15. The van der Waals surface area contributed by atoms with Crippen LogP contribution in [-0.4, -0.2) is 17.0 Å². The van der Waals surface area contributed by atoms with E-state index in [1.165, 1.54) is 24.7 Å². The standard InChI is InChI=1S/C13H18FNS/c1-9-8-11(5-6-12(9)14)15-13-4-3-7-16-10(13)2/h5-6,8,10,13,15H,3-4,7H2,1-2H3. The van der Waals surface area contributed by atoms with Crippen LogP contribution in [0.25, 0.3) is 0 Å². The number of aryl methyl sites for hydroxylation is 1. The molecule has 1 aromatic rings. The molecule has 0 aliphatic carbocycles. The molecule has 16 heavy (non-hydrogen) atoms. The van der Waals surface area contributed by atoms with Gasteiger partial charge in [0.25, 0.3) is 0 Å². The van der Waals surface area contributed by atoms with Crippen molar-refractivity contribution in [3.8, 4) is 0 Å². The van der Waals surface area contributed by atoms with E-state index in [0.717, 1.165) is 5.69 Å². The quantitative estimate of drug-likeness (QED) is 0.841. The third kappa shape index (κ3) is 2.70. The van der Waals surface area contributed by atoms with Gasteiger partial charge in [-0.25, -0.2) is 4.39 Å². The highest BCUT2D eigenvalue weighted by atomic mass is 32.2. The van der Waals surface area contributed by atoms with Crippen molar-refractivity contribution in [3.63, 3.8) is 0 Å². The van der Waals surface area contributed by atoms with Crippen molar-refractivity contribution in [2.24, 2.45) is 0 Å². The highest BCUT2D eigenvalue weighted by Crippen LogP contribution is 2.28. The molecule has 0 amide bonds. The Balaban J connectivity index is 2.05. The Morgan fingerprint density at radius 3 is 2.94 bits per heavy atom. The number of thioether (sulfide) groups is 1. The van der Waals surface area contributed by atoms with Gasteiger partial charge in [-0.3, -0.25) is 0 Å². The van der Waals surface area contributed by atoms with Gasteiger partial charge in [-0.05, 0) is 49.3 Å². The van der Waals surface area contributed by atoms with E-state index in [2.05, 4.69) is 12.2 Å².